The first-order chi connectivity index (χ1) is 16.3. The number of hydrogen-bond acceptors (Lipinski definition) is 3. The molecule has 2 heterocycles. The third kappa shape index (κ3) is 3.76. The van der Waals surface area contributed by atoms with Gasteiger partial charge in [-0.05, 0) is 52.9 Å². The molecule has 0 radical (unpaired) electrons. The second-order valence-electron chi connectivity index (χ2n) is 8.19. The Morgan fingerprint density at radius 2 is 1.68 bits per heavy atom. The van der Waals surface area contributed by atoms with Gasteiger partial charge in [-0.15, -0.1) is 0 Å². The normalized spacial score (nSPS) is 15.2. The van der Waals surface area contributed by atoms with Crippen LogP contribution in [0.15, 0.2) is 65.5 Å². The number of likely N-dealkylation sites (N-methyl/N-ethyl adjacent to an activating group) is 1. The molecule has 0 bridgehead atoms. The lowest BCUT2D eigenvalue weighted by molar-refractivity contribution is 0.0335. The summed E-state index contributed by atoms with van der Waals surface area (Å²) in [5.41, 5.74) is 2.21. The smallest absolute Gasteiger partial charge is 0.256 e. The van der Waals surface area contributed by atoms with Gasteiger partial charge in [0.1, 0.15) is 5.82 Å². The maximum Gasteiger partial charge on any atom is 0.256 e. The van der Waals surface area contributed by atoms with E-state index in [0.29, 0.717) is 22.4 Å². The Labute approximate surface area is 192 Å². The molecule has 0 unspecified atom stereocenters. The number of carbonyl (C=O) groups excluding carboxylic acids is 1. The zero-order valence-corrected chi connectivity index (χ0v) is 18.1. The van der Waals surface area contributed by atoms with Gasteiger partial charge in [-0.3, -0.25) is 9.59 Å². The Bertz CT molecular complexity index is 1480. The van der Waals surface area contributed by atoms with Crippen molar-refractivity contribution in [2.75, 3.05) is 13.7 Å². The molecule has 8 heteroatoms. The summed E-state index contributed by atoms with van der Waals surface area (Å²) in [6, 6.07) is 14.1. The van der Waals surface area contributed by atoms with E-state index in [1.54, 1.807) is 43.4 Å². The van der Waals surface area contributed by atoms with Gasteiger partial charge in [-0.2, -0.15) is 0 Å². The Kier molecular flexibility index (Phi) is 5.45. The highest BCUT2D eigenvalue weighted by molar-refractivity contribution is 5.95. The summed E-state index contributed by atoms with van der Waals surface area (Å²) < 4.78 is 47.0. The van der Waals surface area contributed by atoms with Crippen molar-refractivity contribution in [2.45, 2.75) is 12.6 Å². The van der Waals surface area contributed by atoms with E-state index >= 15 is 0 Å². The third-order valence-corrected chi connectivity index (χ3v) is 6.12. The minimum atomic E-state index is -1.12. The second-order valence-corrected chi connectivity index (χ2v) is 8.19. The van der Waals surface area contributed by atoms with Crippen molar-refractivity contribution in [3.63, 3.8) is 0 Å². The lowest BCUT2D eigenvalue weighted by Crippen LogP contribution is -2.37. The van der Waals surface area contributed by atoms with Crippen LogP contribution < -0.4 is 5.56 Å². The van der Waals surface area contributed by atoms with E-state index < -0.39 is 23.2 Å². The van der Waals surface area contributed by atoms with E-state index in [0.717, 1.165) is 17.7 Å². The fourth-order valence-corrected chi connectivity index (χ4v) is 4.37. The average Bonchev–Trinajstić information content (AvgIpc) is 2.84. The number of pyridine rings is 1. The number of nitrogens with one attached hydrogen (secondary N) is 1. The number of nitrogens with zero attached hydrogens (tertiary/aromatic N) is 1. The summed E-state index contributed by atoms with van der Waals surface area (Å²) in [7, 11) is 1.59. The number of fused-ring (bicyclic) bond motifs is 3. The van der Waals surface area contributed by atoms with Crippen molar-refractivity contribution in [3.8, 4) is 11.1 Å². The molecular weight excluding hydrogens is 445 g/mol. The summed E-state index contributed by atoms with van der Waals surface area (Å²) >= 11 is 0. The first-order valence-corrected chi connectivity index (χ1v) is 10.6. The number of carbonyl (C=O) groups is 1. The third-order valence-electron chi connectivity index (χ3n) is 6.12. The van der Waals surface area contributed by atoms with Crippen LogP contribution in [0.1, 0.15) is 27.7 Å². The van der Waals surface area contributed by atoms with Gasteiger partial charge in [0.2, 0.25) is 0 Å². The maximum atomic E-state index is 14.1. The molecule has 0 aliphatic carbocycles. The standard InChI is InChI=1S/C26H19F3N2O3/c1-31(26(33)15-7-5-14(6-8-15)16-3-2-4-17(27)9-16)23-13-34-12-22-24(23)18-10-20(28)21(29)11-19(18)25(32)30-22/h2-11,23H,12-13H2,1H3,(H,30,32)/t23-/m1/s1. The van der Waals surface area contributed by atoms with Gasteiger partial charge in [0.05, 0.1) is 24.6 Å². The summed E-state index contributed by atoms with van der Waals surface area (Å²) in [6.07, 6.45) is 0. The van der Waals surface area contributed by atoms with E-state index in [1.165, 1.54) is 17.0 Å². The van der Waals surface area contributed by atoms with Crippen LogP contribution in [0.3, 0.4) is 0 Å². The highest BCUT2D eigenvalue weighted by Gasteiger charge is 2.31. The summed E-state index contributed by atoms with van der Waals surface area (Å²) in [5.74, 6) is -2.87. The molecule has 4 aromatic rings. The van der Waals surface area contributed by atoms with Crippen molar-refractivity contribution >= 4 is 16.7 Å². The molecule has 0 saturated heterocycles. The molecular formula is C26H19F3N2O3. The number of halogens is 3. The van der Waals surface area contributed by atoms with E-state index in [-0.39, 0.29) is 35.7 Å². The van der Waals surface area contributed by atoms with Crippen LogP contribution in [-0.2, 0) is 11.3 Å². The van der Waals surface area contributed by atoms with Gasteiger partial charge < -0.3 is 14.6 Å². The molecule has 1 aliphatic rings. The first-order valence-electron chi connectivity index (χ1n) is 10.6. The maximum absolute atomic E-state index is 14.1. The van der Waals surface area contributed by atoms with Crippen molar-refractivity contribution < 1.29 is 22.7 Å². The summed E-state index contributed by atoms with van der Waals surface area (Å²) in [4.78, 5) is 29.8. The van der Waals surface area contributed by atoms with Gasteiger partial charge in [0, 0.05) is 23.9 Å². The number of aromatic amines is 1. The molecule has 5 nitrogen and oxygen atoms in total. The predicted molar refractivity (Wildman–Crippen MR) is 121 cm³/mol. The SMILES string of the molecule is CN(C(=O)c1ccc(-c2cccc(F)c2)cc1)[C@@H]1COCc2[nH]c(=O)c3cc(F)c(F)cc3c21. The Morgan fingerprint density at radius 1 is 0.971 bits per heavy atom. The van der Waals surface area contributed by atoms with Gasteiger partial charge in [-0.25, -0.2) is 13.2 Å². The minimum absolute atomic E-state index is 0.00449. The lowest BCUT2D eigenvalue weighted by atomic mass is 9.95. The number of hydrogen-bond donors (Lipinski definition) is 1. The van der Waals surface area contributed by atoms with Crippen molar-refractivity contribution in [1.29, 1.82) is 0 Å². The highest BCUT2D eigenvalue weighted by atomic mass is 19.2. The van der Waals surface area contributed by atoms with Crippen LogP contribution in [0, 0.1) is 17.5 Å². The van der Waals surface area contributed by atoms with Crippen molar-refractivity contribution in [3.05, 3.63) is 105 Å². The predicted octanol–water partition coefficient (Wildman–Crippen LogP) is 4.96. The van der Waals surface area contributed by atoms with Crippen LogP contribution in [0.2, 0.25) is 0 Å². The molecule has 34 heavy (non-hydrogen) atoms. The zero-order valence-electron chi connectivity index (χ0n) is 18.1. The van der Waals surface area contributed by atoms with Crippen LogP contribution in [-0.4, -0.2) is 29.4 Å². The number of aromatic nitrogens is 1. The Hall–Kier alpha value is -3.91. The van der Waals surface area contributed by atoms with Gasteiger partial charge in [0.25, 0.3) is 11.5 Å². The fraction of sp³-hybridized carbons (Fsp3) is 0.154. The molecule has 1 aliphatic heterocycles. The number of amides is 1. The summed E-state index contributed by atoms with van der Waals surface area (Å²) in [5, 5.41) is 0.247. The Morgan fingerprint density at radius 3 is 2.38 bits per heavy atom. The van der Waals surface area contributed by atoms with Crippen molar-refractivity contribution in [2.24, 2.45) is 0 Å². The van der Waals surface area contributed by atoms with E-state index in [1.807, 2.05) is 0 Å². The van der Waals surface area contributed by atoms with Crippen LogP contribution in [0.25, 0.3) is 21.9 Å². The largest absolute Gasteiger partial charge is 0.373 e. The average molecular weight is 464 g/mol. The van der Waals surface area contributed by atoms with Gasteiger partial charge in [0.15, 0.2) is 11.6 Å². The number of rotatable bonds is 3. The van der Waals surface area contributed by atoms with E-state index in [2.05, 4.69) is 4.98 Å². The molecule has 0 fully saturated rings. The quantitative estimate of drug-likeness (QED) is 0.467. The molecule has 0 saturated carbocycles. The Balaban J connectivity index is 1.51. The lowest BCUT2D eigenvalue weighted by Gasteiger charge is -2.34. The zero-order chi connectivity index (χ0) is 24.0. The molecule has 3 aromatic carbocycles. The number of ether oxygens (including phenoxy) is 1. The van der Waals surface area contributed by atoms with Crippen LogP contribution >= 0.6 is 0 Å². The topological polar surface area (TPSA) is 62.4 Å². The molecule has 1 atom stereocenters. The molecule has 5 rings (SSSR count). The van der Waals surface area contributed by atoms with Gasteiger partial charge >= 0.3 is 0 Å². The molecule has 1 aromatic heterocycles. The van der Waals surface area contributed by atoms with Crippen LogP contribution in [0.4, 0.5) is 13.2 Å². The molecule has 172 valence electrons. The first kappa shape index (κ1) is 21.9. The summed E-state index contributed by atoms with van der Waals surface area (Å²) in [6.45, 7) is 0.205. The van der Waals surface area contributed by atoms with E-state index in [9.17, 15) is 22.8 Å². The number of benzene rings is 3. The fourth-order valence-electron chi connectivity index (χ4n) is 4.37. The van der Waals surface area contributed by atoms with Crippen molar-refractivity contribution in [1.82, 2.24) is 9.88 Å². The van der Waals surface area contributed by atoms with Gasteiger partial charge in [-0.1, -0.05) is 24.3 Å². The molecule has 1 amide bonds. The second kappa shape index (κ2) is 8.46. The molecule has 1 N–H and O–H groups in total. The number of H-pyrrole nitrogens is 1. The highest BCUT2D eigenvalue weighted by Crippen LogP contribution is 2.34. The molecule has 0 spiro atoms. The minimum Gasteiger partial charge on any atom is -0.373 e. The van der Waals surface area contributed by atoms with Crippen LogP contribution in [0.5, 0.6) is 0 Å². The monoisotopic (exact) mass is 464 g/mol. The van der Waals surface area contributed by atoms with E-state index in [4.69, 9.17) is 4.74 Å².